The second-order valence-electron chi connectivity index (χ2n) is 9.69. The molecule has 3 heterocycles. The number of fused-ring (bicyclic) bond motifs is 1. The number of carbonyl (C=O) groups is 1. The summed E-state index contributed by atoms with van der Waals surface area (Å²) in [5.74, 6) is 0.691. The summed E-state index contributed by atoms with van der Waals surface area (Å²) in [5.41, 5.74) is 2.53. The van der Waals surface area contributed by atoms with E-state index in [-0.39, 0.29) is 29.5 Å². The summed E-state index contributed by atoms with van der Waals surface area (Å²) in [6.45, 7) is 1.13. The predicted molar refractivity (Wildman–Crippen MR) is 150 cm³/mol. The maximum atomic E-state index is 13.6. The third-order valence-electron chi connectivity index (χ3n) is 7.21. The predicted octanol–water partition coefficient (Wildman–Crippen LogP) is 4.38. The molecule has 39 heavy (non-hydrogen) atoms. The first-order chi connectivity index (χ1) is 19.1. The number of hydrazone groups is 1. The lowest BCUT2D eigenvalue weighted by molar-refractivity contribution is -0.130. The number of methoxy groups -OCH3 is 1. The van der Waals surface area contributed by atoms with Gasteiger partial charge in [-0.25, -0.2) is 14.9 Å². The van der Waals surface area contributed by atoms with E-state index in [2.05, 4.69) is 40.5 Å². The molecule has 2 atom stereocenters. The van der Waals surface area contributed by atoms with Gasteiger partial charge in [-0.1, -0.05) is 60.3 Å². The lowest BCUT2D eigenvalue weighted by atomic mass is 9.97. The Morgan fingerprint density at radius 1 is 1.13 bits per heavy atom. The molecule has 1 amide bonds. The van der Waals surface area contributed by atoms with Crippen molar-refractivity contribution in [2.24, 2.45) is 5.10 Å². The number of nitrogens with one attached hydrogen (secondary N) is 1. The SMILES string of the molecule is COc1ccc([C@H]2CC(c3ccc4ccccc4c3)=NN2C(=O)CSc2n[nH]c(=O)n2C[C@@H]2CCCO2)cc1. The first-order valence-corrected chi connectivity index (χ1v) is 14.0. The van der Waals surface area contributed by atoms with E-state index >= 15 is 0 Å². The standard InChI is InChI=1S/C29H29N5O4S/c1-37-23-12-10-20(11-13-23)26-16-25(22-9-8-19-5-2-3-6-21(19)15-22)32-34(26)27(35)18-39-29-31-30-28(36)33(29)17-24-7-4-14-38-24/h2-3,5-6,8-13,15,24,26H,4,7,14,16-18H2,1H3,(H,30,36)/t24-,26+/m0/s1. The van der Waals surface area contributed by atoms with Gasteiger partial charge in [0.25, 0.3) is 5.91 Å². The number of aromatic amines is 1. The van der Waals surface area contributed by atoms with Crippen molar-refractivity contribution in [3.63, 3.8) is 0 Å². The normalized spacial score (nSPS) is 19.0. The molecule has 3 aromatic carbocycles. The van der Waals surface area contributed by atoms with Gasteiger partial charge in [0.2, 0.25) is 0 Å². The van der Waals surface area contributed by atoms with Crippen molar-refractivity contribution in [3.05, 3.63) is 88.3 Å². The smallest absolute Gasteiger partial charge is 0.344 e. The average molecular weight is 544 g/mol. The maximum Gasteiger partial charge on any atom is 0.344 e. The molecule has 0 radical (unpaired) electrons. The average Bonchev–Trinajstić information content (AvgIpc) is 3.73. The van der Waals surface area contributed by atoms with Gasteiger partial charge in [0.1, 0.15) is 5.75 Å². The topological polar surface area (TPSA) is 102 Å². The summed E-state index contributed by atoms with van der Waals surface area (Å²) >= 11 is 1.23. The van der Waals surface area contributed by atoms with Crippen molar-refractivity contribution in [3.8, 4) is 5.75 Å². The van der Waals surface area contributed by atoms with Gasteiger partial charge in [-0.3, -0.25) is 9.36 Å². The molecule has 0 saturated carbocycles. The number of hydrogen-bond acceptors (Lipinski definition) is 7. The van der Waals surface area contributed by atoms with E-state index in [0.717, 1.165) is 46.2 Å². The Hall–Kier alpha value is -3.89. The van der Waals surface area contributed by atoms with Crippen LogP contribution in [0.5, 0.6) is 5.75 Å². The Kier molecular flexibility index (Phi) is 7.21. The van der Waals surface area contributed by atoms with E-state index in [1.54, 1.807) is 16.7 Å². The van der Waals surface area contributed by atoms with Crippen LogP contribution in [-0.4, -0.2) is 57.0 Å². The summed E-state index contributed by atoms with van der Waals surface area (Å²) < 4.78 is 12.6. The Balaban J connectivity index is 1.25. The van der Waals surface area contributed by atoms with Crippen molar-refractivity contribution in [1.29, 1.82) is 0 Å². The highest BCUT2D eigenvalue weighted by molar-refractivity contribution is 7.99. The number of carbonyl (C=O) groups excluding carboxylic acids is 1. The maximum absolute atomic E-state index is 13.6. The van der Waals surface area contributed by atoms with Crippen LogP contribution in [0.2, 0.25) is 0 Å². The molecule has 200 valence electrons. The number of H-pyrrole nitrogens is 1. The summed E-state index contributed by atoms with van der Waals surface area (Å²) in [7, 11) is 1.63. The van der Waals surface area contributed by atoms with E-state index in [1.165, 1.54) is 11.8 Å². The second-order valence-corrected chi connectivity index (χ2v) is 10.6. The van der Waals surface area contributed by atoms with Crippen LogP contribution < -0.4 is 10.4 Å². The highest BCUT2D eigenvalue weighted by Gasteiger charge is 2.33. The van der Waals surface area contributed by atoms with Crippen molar-refractivity contribution >= 4 is 34.2 Å². The molecule has 1 N–H and O–H groups in total. The zero-order valence-corrected chi connectivity index (χ0v) is 22.4. The van der Waals surface area contributed by atoms with Crippen molar-refractivity contribution in [2.45, 2.75) is 43.1 Å². The Bertz CT molecular complexity index is 1570. The Labute approximate surface area is 229 Å². The molecule has 0 aliphatic carbocycles. The quantitative estimate of drug-likeness (QED) is 0.331. The fraction of sp³-hybridized carbons (Fsp3) is 0.310. The van der Waals surface area contributed by atoms with Crippen LogP contribution in [0, 0.1) is 0 Å². The molecule has 10 heteroatoms. The molecule has 4 aromatic rings. The first-order valence-electron chi connectivity index (χ1n) is 13.0. The third kappa shape index (κ3) is 5.35. The van der Waals surface area contributed by atoms with Crippen LogP contribution in [0.15, 0.2) is 81.8 Å². The molecule has 0 unspecified atom stereocenters. The second kappa shape index (κ2) is 11.1. The molecule has 1 saturated heterocycles. The largest absolute Gasteiger partial charge is 0.497 e. The van der Waals surface area contributed by atoms with Gasteiger partial charge in [-0.05, 0) is 52.9 Å². The molecular formula is C29H29N5O4S. The lowest BCUT2D eigenvalue weighted by Gasteiger charge is -2.22. The molecule has 6 rings (SSSR count). The number of amides is 1. The van der Waals surface area contributed by atoms with E-state index in [4.69, 9.17) is 14.6 Å². The lowest BCUT2D eigenvalue weighted by Crippen LogP contribution is -2.29. The number of benzene rings is 3. The van der Waals surface area contributed by atoms with E-state index in [0.29, 0.717) is 24.7 Å². The van der Waals surface area contributed by atoms with Gasteiger partial charge in [0.15, 0.2) is 5.16 Å². The minimum absolute atomic E-state index is 0.0116. The van der Waals surface area contributed by atoms with E-state index < -0.39 is 0 Å². The Morgan fingerprint density at radius 2 is 1.95 bits per heavy atom. The van der Waals surface area contributed by atoms with Crippen LogP contribution >= 0.6 is 11.8 Å². The first kappa shape index (κ1) is 25.4. The van der Waals surface area contributed by atoms with Gasteiger partial charge in [0.05, 0.1) is 37.3 Å². The summed E-state index contributed by atoms with van der Waals surface area (Å²) in [6, 6.07) is 22.0. The van der Waals surface area contributed by atoms with Crippen molar-refractivity contribution in [2.75, 3.05) is 19.5 Å². The highest BCUT2D eigenvalue weighted by Crippen LogP contribution is 2.35. The molecule has 1 fully saturated rings. The van der Waals surface area contributed by atoms with E-state index in [9.17, 15) is 9.59 Å². The number of aromatic nitrogens is 3. The van der Waals surface area contributed by atoms with Crippen molar-refractivity contribution < 1.29 is 14.3 Å². The van der Waals surface area contributed by atoms with Crippen LogP contribution in [0.3, 0.4) is 0 Å². The fourth-order valence-electron chi connectivity index (χ4n) is 5.13. The third-order valence-corrected chi connectivity index (χ3v) is 8.17. The number of ether oxygens (including phenoxy) is 2. The zero-order chi connectivity index (χ0) is 26.8. The molecular weight excluding hydrogens is 514 g/mol. The number of nitrogens with zero attached hydrogens (tertiary/aromatic N) is 4. The summed E-state index contributed by atoms with van der Waals surface area (Å²) in [4.78, 5) is 26.0. The number of thioether (sulfide) groups is 1. The molecule has 0 spiro atoms. The molecule has 1 aromatic heterocycles. The molecule has 2 aliphatic rings. The van der Waals surface area contributed by atoms with Crippen LogP contribution in [-0.2, 0) is 16.1 Å². The molecule has 0 bridgehead atoms. The minimum Gasteiger partial charge on any atom is -0.497 e. The van der Waals surface area contributed by atoms with E-state index in [1.807, 2.05) is 36.4 Å². The monoisotopic (exact) mass is 543 g/mol. The van der Waals surface area contributed by atoms with Crippen LogP contribution in [0.1, 0.15) is 36.4 Å². The van der Waals surface area contributed by atoms with Gasteiger partial charge >= 0.3 is 5.69 Å². The van der Waals surface area contributed by atoms with Crippen LogP contribution in [0.4, 0.5) is 0 Å². The Morgan fingerprint density at radius 3 is 2.72 bits per heavy atom. The zero-order valence-electron chi connectivity index (χ0n) is 21.6. The number of hydrogen-bond donors (Lipinski definition) is 1. The van der Waals surface area contributed by atoms with Gasteiger partial charge < -0.3 is 9.47 Å². The van der Waals surface area contributed by atoms with Crippen LogP contribution in [0.25, 0.3) is 10.8 Å². The highest BCUT2D eigenvalue weighted by atomic mass is 32.2. The molecule has 2 aliphatic heterocycles. The summed E-state index contributed by atoms with van der Waals surface area (Å²) in [6.07, 6.45) is 2.47. The van der Waals surface area contributed by atoms with Gasteiger partial charge in [0, 0.05) is 13.0 Å². The van der Waals surface area contributed by atoms with Crippen molar-refractivity contribution in [1.82, 2.24) is 19.8 Å². The minimum atomic E-state index is -0.297. The molecule has 9 nitrogen and oxygen atoms in total. The van der Waals surface area contributed by atoms with Gasteiger partial charge in [-0.15, -0.1) is 5.10 Å². The fourth-order valence-corrected chi connectivity index (χ4v) is 5.94. The van der Waals surface area contributed by atoms with Gasteiger partial charge in [-0.2, -0.15) is 5.10 Å². The number of rotatable bonds is 8. The summed E-state index contributed by atoms with van der Waals surface area (Å²) in [5, 5.41) is 15.8.